The van der Waals surface area contributed by atoms with Crippen molar-refractivity contribution < 1.29 is 33.1 Å². The Morgan fingerprint density at radius 2 is 2.00 bits per heavy atom. The lowest BCUT2D eigenvalue weighted by molar-refractivity contribution is -0.155. The normalized spacial score (nSPS) is 29.3. The number of carbonyl (C=O) groups is 1. The highest BCUT2D eigenvalue weighted by atomic mass is 31.2. The van der Waals surface area contributed by atoms with Crippen LogP contribution in [0.2, 0.25) is 0 Å². The van der Waals surface area contributed by atoms with Gasteiger partial charge < -0.3 is 19.3 Å². The number of carbonyl (C=O) groups excluding carboxylic acids is 1. The molecular weight excluding hydrogens is 239 g/mol. The highest BCUT2D eigenvalue weighted by molar-refractivity contribution is 7.46. The molecule has 1 aliphatic heterocycles. The van der Waals surface area contributed by atoms with Gasteiger partial charge in [-0.15, -0.1) is 0 Å². The van der Waals surface area contributed by atoms with Gasteiger partial charge in [-0.05, 0) is 20.8 Å². The monoisotopic (exact) mass is 254 g/mol. The van der Waals surface area contributed by atoms with Crippen LogP contribution in [0.1, 0.15) is 20.8 Å². The summed E-state index contributed by atoms with van der Waals surface area (Å²) in [5, 5.41) is 0. The number of phosphoric ester groups is 1. The standard InChI is InChI=1S/C8H15O7P/c1-5(9)7-6(4-13-16(10,11)12)14-8(2,3)15-7/h6-7H,4H2,1-3H3,(H2,10,11,12)/t6-,7-/m1/s1. The van der Waals surface area contributed by atoms with Crippen LogP contribution in [-0.4, -0.2) is 40.2 Å². The van der Waals surface area contributed by atoms with E-state index in [2.05, 4.69) is 4.52 Å². The average Bonchev–Trinajstić information content (AvgIpc) is 2.36. The van der Waals surface area contributed by atoms with Gasteiger partial charge in [-0.25, -0.2) is 4.57 Å². The van der Waals surface area contributed by atoms with Crippen LogP contribution in [0.5, 0.6) is 0 Å². The zero-order valence-corrected chi connectivity index (χ0v) is 10.1. The predicted octanol–water partition coefficient (Wildman–Crippen LogP) is 0.205. The SMILES string of the molecule is CC(=O)[C@H]1OC(C)(C)O[C@@H]1COP(=O)(O)O. The molecule has 1 aliphatic rings. The minimum atomic E-state index is -4.56. The molecule has 94 valence electrons. The lowest BCUT2D eigenvalue weighted by Gasteiger charge is -2.16. The zero-order valence-electron chi connectivity index (χ0n) is 9.24. The summed E-state index contributed by atoms with van der Waals surface area (Å²) >= 11 is 0. The average molecular weight is 254 g/mol. The molecule has 2 atom stereocenters. The van der Waals surface area contributed by atoms with Gasteiger partial charge in [-0.3, -0.25) is 9.32 Å². The molecule has 0 aliphatic carbocycles. The molecule has 1 fully saturated rings. The Bertz CT molecular complexity index is 320. The topological polar surface area (TPSA) is 102 Å². The van der Waals surface area contributed by atoms with Gasteiger partial charge in [0.15, 0.2) is 11.6 Å². The first-order chi connectivity index (χ1) is 7.11. The van der Waals surface area contributed by atoms with Crippen molar-refractivity contribution in [2.24, 2.45) is 0 Å². The smallest absolute Gasteiger partial charge is 0.342 e. The fraction of sp³-hybridized carbons (Fsp3) is 0.875. The van der Waals surface area contributed by atoms with Crippen molar-refractivity contribution >= 4 is 13.6 Å². The molecule has 0 amide bonds. The third kappa shape index (κ3) is 3.93. The Morgan fingerprint density at radius 1 is 1.44 bits per heavy atom. The summed E-state index contributed by atoms with van der Waals surface area (Å²) < 4.78 is 25.4. The fourth-order valence-corrected chi connectivity index (χ4v) is 1.81. The van der Waals surface area contributed by atoms with Crippen LogP contribution >= 0.6 is 7.82 Å². The van der Waals surface area contributed by atoms with Crippen molar-refractivity contribution in [3.05, 3.63) is 0 Å². The third-order valence-electron chi connectivity index (χ3n) is 1.99. The first-order valence-electron chi connectivity index (χ1n) is 4.67. The Balaban J connectivity index is 2.64. The predicted molar refractivity (Wildman–Crippen MR) is 52.5 cm³/mol. The van der Waals surface area contributed by atoms with E-state index in [1.807, 2.05) is 0 Å². The summed E-state index contributed by atoms with van der Waals surface area (Å²) in [6, 6.07) is 0. The van der Waals surface area contributed by atoms with Gasteiger partial charge in [-0.2, -0.15) is 0 Å². The Morgan fingerprint density at radius 3 is 2.44 bits per heavy atom. The Labute approximate surface area is 92.9 Å². The molecule has 0 aromatic heterocycles. The summed E-state index contributed by atoms with van der Waals surface area (Å²) in [5.74, 6) is -1.23. The second-order valence-corrected chi connectivity index (χ2v) is 5.23. The zero-order chi connectivity index (χ0) is 12.6. The first kappa shape index (κ1) is 13.8. The van der Waals surface area contributed by atoms with Gasteiger partial charge in [0.2, 0.25) is 0 Å². The third-order valence-corrected chi connectivity index (χ3v) is 2.48. The van der Waals surface area contributed by atoms with Crippen LogP contribution in [0.25, 0.3) is 0 Å². The fourth-order valence-electron chi connectivity index (χ4n) is 1.47. The van der Waals surface area contributed by atoms with E-state index in [1.54, 1.807) is 13.8 Å². The van der Waals surface area contributed by atoms with Crippen LogP contribution in [0.3, 0.4) is 0 Å². The van der Waals surface area contributed by atoms with Crippen molar-refractivity contribution in [3.8, 4) is 0 Å². The van der Waals surface area contributed by atoms with Crippen molar-refractivity contribution in [1.29, 1.82) is 0 Å². The summed E-state index contributed by atoms with van der Waals surface area (Å²) in [7, 11) is -4.56. The molecule has 0 spiro atoms. The van der Waals surface area contributed by atoms with E-state index in [1.165, 1.54) is 6.92 Å². The van der Waals surface area contributed by atoms with Crippen LogP contribution in [0, 0.1) is 0 Å². The summed E-state index contributed by atoms with van der Waals surface area (Å²) in [4.78, 5) is 28.3. The van der Waals surface area contributed by atoms with Crippen LogP contribution in [0.15, 0.2) is 0 Å². The Kier molecular flexibility index (Phi) is 3.89. The number of phosphoric acid groups is 1. The van der Waals surface area contributed by atoms with E-state index >= 15 is 0 Å². The molecule has 0 saturated carbocycles. The molecule has 0 aromatic carbocycles. The minimum absolute atomic E-state index is 0.273. The van der Waals surface area contributed by atoms with Crippen molar-refractivity contribution in [3.63, 3.8) is 0 Å². The number of ether oxygens (including phenoxy) is 2. The maximum Gasteiger partial charge on any atom is 0.469 e. The van der Waals surface area contributed by atoms with Crippen molar-refractivity contribution in [2.45, 2.75) is 38.8 Å². The van der Waals surface area contributed by atoms with Gasteiger partial charge in [0, 0.05) is 0 Å². The maximum atomic E-state index is 11.2. The molecule has 0 unspecified atom stereocenters. The van der Waals surface area contributed by atoms with E-state index in [0.29, 0.717) is 0 Å². The van der Waals surface area contributed by atoms with Gasteiger partial charge >= 0.3 is 7.82 Å². The quantitative estimate of drug-likeness (QED) is 0.691. The van der Waals surface area contributed by atoms with Gasteiger partial charge in [-0.1, -0.05) is 0 Å². The van der Waals surface area contributed by atoms with Gasteiger partial charge in [0.05, 0.1) is 6.61 Å². The summed E-state index contributed by atoms with van der Waals surface area (Å²) in [5.41, 5.74) is 0. The number of hydrogen-bond donors (Lipinski definition) is 2. The lowest BCUT2D eigenvalue weighted by Crippen LogP contribution is -2.32. The van der Waals surface area contributed by atoms with Crippen molar-refractivity contribution in [2.75, 3.05) is 6.61 Å². The van der Waals surface area contributed by atoms with Crippen LogP contribution < -0.4 is 0 Å². The van der Waals surface area contributed by atoms with Gasteiger partial charge in [0.25, 0.3) is 0 Å². The molecule has 0 bridgehead atoms. The molecule has 16 heavy (non-hydrogen) atoms. The van der Waals surface area contributed by atoms with E-state index < -0.39 is 32.4 Å². The van der Waals surface area contributed by atoms with E-state index in [9.17, 15) is 9.36 Å². The van der Waals surface area contributed by atoms with Crippen molar-refractivity contribution in [1.82, 2.24) is 0 Å². The molecule has 0 aromatic rings. The van der Waals surface area contributed by atoms with E-state index in [-0.39, 0.29) is 5.78 Å². The molecule has 8 heteroatoms. The minimum Gasteiger partial charge on any atom is -0.342 e. The molecule has 1 heterocycles. The molecule has 1 saturated heterocycles. The summed E-state index contributed by atoms with van der Waals surface area (Å²) in [6.07, 6.45) is -1.67. The lowest BCUT2D eigenvalue weighted by atomic mass is 10.1. The number of ketones is 1. The number of hydrogen-bond acceptors (Lipinski definition) is 5. The largest absolute Gasteiger partial charge is 0.469 e. The van der Waals surface area contributed by atoms with E-state index in [0.717, 1.165) is 0 Å². The molecule has 7 nitrogen and oxygen atoms in total. The number of rotatable bonds is 4. The van der Waals surface area contributed by atoms with Crippen LogP contribution in [0.4, 0.5) is 0 Å². The molecule has 0 radical (unpaired) electrons. The molecule has 1 rings (SSSR count). The van der Waals surface area contributed by atoms with Crippen LogP contribution in [-0.2, 0) is 23.4 Å². The summed E-state index contributed by atoms with van der Waals surface area (Å²) in [6.45, 7) is 4.15. The first-order valence-corrected chi connectivity index (χ1v) is 6.20. The second-order valence-electron chi connectivity index (χ2n) is 3.99. The number of Topliss-reactive ketones (excluding diaryl/α,β-unsaturated/α-hetero) is 1. The molecule has 2 N–H and O–H groups in total. The van der Waals surface area contributed by atoms with E-state index in [4.69, 9.17) is 19.3 Å². The highest BCUT2D eigenvalue weighted by Crippen LogP contribution is 2.38. The molecular formula is C8H15O7P. The second kappa shape index (κ2) is 4.52. The Hall–Kier alpha value is -0.300. The highest BCUT2D eigenvalue weighted by Gasteiger charge is 2.44. The maximum absolute atomic E-state index is 11.2. The van der Waals surface area contributed by atoms with Gasteiger partial charge in [0.1, 0.15) is 12.2 Å².